The van der Waals surface area contributed by atoms with E-state index in [1.54, 1.807) is 12.5 Å². The predicted octanol–water partition coefficient (Wildman–Crippen LogP) is 3.92. The van der Waals surface area contributed by atoms with E-state index >= 15 is 0 Å². The Hall–Kier alpha value is -3.99. The van der Waals surface area contributed by atoms with Crippen molar-refractivity contribution in [3.05, 3.63) is 60.3 Å². The summed E-state index contributed by atoms with van der Waals surface area (Å²) in [6, 6.07) is 5.48. The van der Waals surface area contributed by atoms with Crippen molar-refractivity contribution in [2.75, 3.05) is 23.8 Å². The Balaban J connectivity index is 1.69. The molecular weight excluding hydrogens is 478 g/mol. The number of imidazole rings is 1. The molecule has 0 saturated carbocycles. The van der Waals surface area contributed by atoms with Gasteiger partial charge in [-0.15, -0.1) is 0 Å². The standard InChI is InChI=1S/C26H30F2N8O/c1-3-16(2)23(37)5-4-8-35(13-29)22-11-31-21(17-6-7-19(27)20(28)9-17)10-18(22)12-36-15-34-24-25(30)32-14-33-26(24)36/h6-7,9-11,14-16H,3-5,8,12-13,29H2,1-2H3,(H2,30,32,33)/t16-/m0/s1. The van der Waals surface area contributed by atoms with Gasteiger partial charge in [0, 0.05) is 24.4 Å². The van der Waals surface area contributed by atoms with Crippen molar-refractivity contribution in [3.63, 3.8) is 0 Å². The molecule has 0 aliphatic carbocycles. The Bertz CT molecular complexity index is 1410. The summed E-state index contributed by atoms with van der Waals surface area (Å²) in [7, 11) is 0. The van der Waals surface area contributed by atoms with Crippen LogP contribution in [-0.2, 0) is 11.3 Å². The zero-order chi connectivity index (χ0) is 26.5. The number of fused-ring (bicyclic) bond motifs is 1. The largest absolute Gasteiger partial charge is 0.382 e. The highest BCUT2D eigenvalue weighted by atomic mass is 19.2. The molecule has 9 nitrogen and oxygen atoms in total. The first kappa shape index (κ1) is 26.1. The number of benzene rings is 1. The van der Waals surface area contributed by atoms with Crippen LogP contribution in [-0.4, -0.2) is 43.5 Å². The van der Waals surface area contributed by atoms with Gasteiger partial charge in [0.15, 0.2) is 23.1 Å². The summed E-state index contributed by atoms with van der Waals surface area (Å²) >= 11 is 0. The molecule has 0 aliphatic rings. The van der Waals surface area contributed by atoms with Crippen LogP contribution in [0, 0.1) is 17.6 Å². The maximum Gasteiger partial charge on any atom is 0.165 e. The zero-order valence-corrected chi connectivity index (χ0v) is 20.9. The third kappa shape index (κ3) is 5.72. The molecule has 0 unspecified atom stereocenters. The molecule has 4 aromatic rings. The lowest BCUT2D eigenvalue weighted by atomic mass is 10.00. The molecule has 0 amide bonds. The van der Waals surface area contributed by atoms with Crippen molar-refractivity contribution >= 4 is 28.5 Å². The van der Waals surface area contributed by atoms with Gasteiger partial charge < -0.3 is 20.9 Å². The van der Waals surface area contributed by atoms with Gasteiger partial charge in [0.25, 0.3) is 0 Å². The van der Waals surface area contributed by atoms with E-state index in [1.807, 2.05) is 29.4 Å². The molecule has 1 aromatic carbocycles. The summed E-state index contributed by atoms with van der Waals surface area (Å²) in [4.78, 5) is 31.4. The fourth-order valence-electron chi connectivity index (χ4n) is 4.14. The molecule has 3 aromatic heterocycles. The van der Waals surface area contributed by atoms with Crippen LogP contribution < -0.4 is 16.4 Å². The molecule has 0 bridgehead atoms. The molecule has 4 N–H and O–H groups in total. The molecule has 0 spiro atoms. The maximum absolute atomic E-state index is 13.9. The summed E-state index contributed by atoms with van der Waals surface area (Å²) in [5, 5.41) is 0. The van der Waals surface area contributed by atoms with Crippen molar-refractivity contribution in [3.8, 4) is 11.3 Å². The number of aromatic nitrogens is 5. The summed E-state index contributed by atoms with van der Waals surface area (Å²) in [6.45, 7) is 5.03. The van der Waals surface area contributed by atoms with Crippen LogP contribution in [0.4, 0.5) is 20.3 Å². The van der Waals surface area contributed by atoms with E-state index in [0.29, 0.717) is 48.4 Å². The van der Waals surface area contributed by atoms with Crippen LogP contribution in [0.25, 0.3) is 22.4 Å². The average molecular weight is 509 g/mol. The molecular formula is C26H30F2N8O. The molecule has 0 fully saturated rings. The maximum atomic E-state index is 13.9. The number of nitrogens with two attached hydrogens (primary N) is 2. The monoisotopic (exact) mass is 508 g/mol. The lowest BCUT2D eigenvalue weighted by molar-refractivity contribution is -0.122. The van der Waals surface area contributed by atoms with Crippen molar-refractivity contribution in [1.29, 1.82) is 0 Å². The number of hydrogen-bond donors (Lipinski definition) is 2. The fraction of sp³-hybridized carbons (Fsp3) is 0.346. The Morgan fingerprint density at radius 2 is 1.95 bits per heavy atom. The minimum absolute atomic E-state index is 0.0305. The highest BCUT2D eigenvalue weighted by Gasteiger charge is 2.17. The van der Waals surface area contributed by atoms with Crippen LogP contribution in [0.3, 0.4) is 0 Å². The van der Waals surface area contributed by atoms with E-state index in [-0.39, 0.29) is 24.2 Å². The Labute approximate surface area is 213 Å². The number of ketones is 1. The van der Waals surface area contributed by atoms with E-state index in [4.69, 9.17) is 11.5 Å². The second-order valence-electron chi connectivity index (χ2n) is 8.96. The Morgan fingerprint density at radius 1 is 1.14 bits per heavy atom. The van der Waals surface area contributed by atoms with Gasteiger partial charge in [-0.3, -0.25) is 9.78 Å². The number of hydrogen-bond acceptors (Lipinski definition) is 8. The van der Waals surface area contributed by atoms with E-state index in [1.165, 1.54) is 12.4 Å². The van der Waals surface area contributed by atoms with Crippen LogP contribution in [0.5, 0.6) is 0 Å². The topological polar surface area (TPSA) is 129 Å². The molecule has 0 radical (unpaired) electrons. The Kier molecular flexibility index (Phi) is 8.02. The van der Waals surface area contributed by atoms with Crippen molar-refractivity contribution < 1.29 is 13.6 Å². The molecule has 194 valence electrons. The second-order valence-corrected chi connectivity index (χ2v) is 8.96. The van der Waals surface area contributed by atoms with E-state index in [9.17, 15) is 13.6 Å². The molecule has 11 heteroatoms. The lowest BCUT2D eigenvalue weighted by Gasteiger charge is -2.26. The first-order valence-electron chi connectivity index (χ1n) is 12.2. The van der Waals surface area contributed by atoms with Gasteiger partial charge in [-0.1, -0.05) is 13.8 Å². The average Bonchev–Trinajstić information content (AvgIpc) is 3.31. The molecule has 37 heavy (non-hydrogen) atoms. The minimum Gasteiger partial charge on any atom is -0.382 e. The smallest absolute Gasteiger partial charge is 0.165 e. The van der Waals surface area contributed by atoms with Gasteiger partial charge in [-0.2, -0.15) is 0 Å². The third-order valence-electron chi connectivity index (χ3n) is 6.53. The van der Waals surface area contributed by atoms with Crippen molar-refractivity contribution in [2.45, 2.75) is 39.7 Å². The first-order chi connectivity index (χ1) is 17.8. The predicted molar refractivity (Wildman–Crippen MR) is 139 cm³/mol. The summed E-state index contributed by atoms with van der Waals surface area (Å²) in [6.07, 6.45) is 6.57. The number of Topliss-reactive ketones (excluding diaryl/α,β-unsaturated/α-hetero) is 1. The second kappa shape index (κ2) is 11.4. The number of carbonyl (C=O) groups is 1. The SMILES string of the molecule is CC[C@H](C)C(=O)CCCN(CN)c1cnc(-c2ccc(F)c(F)c2)cc1Cn1cnc2c(N)ncnc21. The molecule has 1 atom stereocenters. The van der Waals surface area contributed by atoms with Crippen molar-refractivity contribution in [2.24, 2.45) is 11.7 Å². The summed E-state index contributed by atoms with van der Waals surface area (Å²) < 4.78 is 29.3. The van der Waals surface area contributed by atoms with Gasteiger partial charge in [-0.25, -0.2) is 23.7 Å². The van der Waals surface area contributed by atoms with Gasteiger partial charge in [-0.05, 0) is 42.7 Å². The highest BCUT2D eigenvalue weighted by Crippen LogP contribution is 2.28. The minimum atomic E-state index is -0.952. The number of carbonyl (C=O) groups excluding carboxylic acids is 1. The number of pyridine rings is 1. The van der Waals surface area contributed by atoms with Gasteiger partial charge in [0.1, 0.15) is 17.6 Å². The molecule has 0 saturated heterocycles. The lowest BCUT2D eigenvalue weighted by Crippen LogP contribution is -2.32. The number of nitrogen functional groups attached to an aromatic ring is 1. The summed E-state index contributed by atoms with van der Waals surface area (Å²) in [5.74, 6) is -1.34. The summed E-state index contributed by atoms with van der Waals surface area (Å²) in [5.41, 5.74) is 15.6. The van der Waals surface area contributed by atoms with Gasteiger partial charge in [0.2, 0.25) is 0 Å². The van der Waals surface area contributed by atoms with Gasteiger partial charge in [0.05, 0.1) is 37.1 Å². The van der Waals surface area contributed by atoms with E-state index in [2.05, 4.69) is 19.9 Å². The molecule has 0 aliphatic heterocycles. The van der Waals surface area contributed by atoms with Crippen molar-refractivity contribution in [1.82, 2.24) is 24.5 Å². The normalized spacial score (nSPS) is 12.1. The third-order valence-corrected chi connectivity index (χ3v) is 6.53. The number of halogens is 2. The van der Waals surface area contributed by atoms with Crippen LogP contribution in [0.15, 0.2) is 43.1 Å². The molecule has 4 rings (SSSR count). The van der Waals surface area contributed by atoms with Crippen LogP contribution in [0.1, 0.15) is 38.7 Å². The number of anilines is 2. The fourth-order valence-corrected chi connectivity index (χ4v) is 4.14. The Morgan fingerprint density at radius 3 is 2.68 bits per heavy atom. The van der Waals surface area contributed by atoms with Gasteiger partial charge >= 0.3 is 0 Å². The van der Waals surface area contributed by atoms with E-state index in [0.717, 1.165) is 29.8 Å². The van der Waals surface area contributed by atoms with Crippen LogP contribution in [0.2, 0.25) is 0 Å². The first-order valence-corrected chi connectivity index (χ1v) is 12.2. The van der Waals surface area contributed by atoms with Crippen LogP contribution >= 0.6 is 0 Å². The highest BCUT2D eigenvalue weighted by molar-refractivity contribution is 5.81. The molecule has 3 heterocycles. The number of nitrogens with zero attached hydrogens (tertiary/aromatic N) is 6. The quantitative estimate of drug-likeness (QED) is 0.292. The van der Waals surface area contributed by atoms with E-state index < -0.39 is 11.6 Å². The zero-order valence-electron chi connectivity index (χ0n) is 20.9. The number of rotatable bonds is 11.